The zero-order valence-electron chi connectivity index (χ0n) is 12.5. The number of halogens is 2. The molecule has 0 saturated heterocycles. The zero-order valence-corrected chi connectivity index (χ0v) is 13.2. The van der Waals surface area contributed by atoms with Gasteiger partial charge < -0.3 is 9.64 Å². The number of carbonyl (C=O) groups excluding carboxylic acids is 2. The van der Waals surface area contributed by atoms with E-state index in [0.29, 0.717) is 17.6 Å². The van der Waals surface area contributed by atoms with Gasteiger partial charge in [-0.2, -0.15) is 0 Å². The largest absolute Gasteiger partial charge is 0.483 e. The lowest BCUT2D eigenvalue weighted by atomic mass is 10.2. The average molecular weight is 336 g/mol. The lowest BCUT2D eigenvalue weighted by Gasteiger charge is -2.19. The summed E-state index contributed by atoms with van der Waals surface area (Å²) in [6.07, 6.45) is 0.655. The Morgan fingerprint density at radius 3 is 2.70 bits per heavy atom. The Bertz CT molecular complexity index is 700. The quantitative estimate of drug-likeness (QED) is 0.761. The summed E-state index contributed by atoms with van der Waals surface area (Å²) in [5, 5.41) is 0.261. The summed E-state index contributed by atoms with van der Waals surface area (Å²) in [5.41, 5.74) is 0.610. The van der Waals surface area contributed by atoms with Crippen LogP contribution < -0.4 is 4.74 Å². The van der Waals surface area contributed by atoms with E-state index in [2.05, 4.69) is 0 Å². The van der Waals surface area contributed by atoms with Gasteiger partial charge in [0.1, 0.15) is 11.6 Å². The van der Waals surface area contributed by atoms with Gasteiger partial charge in [0.05, 0.1) is 5.56 Å². The number of para-hydroxylation sites is 1. The van der Waals surface area contributed by atoms with Gasteiger partial charge in [-0.1, -0.05) is 29.8 Å². The van der Waals surface area contributed by atoms with Crippen molar-refractivity contribution in [2.45, 2.75) is 6.54 Å². The van der Waals surface area contributed by atoms with Crippen molar-refractivity contribution in [2.75, 3.05) is 13.7 Å². The summed E-state index contributed by atoms with van der Waals surface area (Å²) in [6, 6.07) is 11.0. The molecule has 0 radical (unpaired) electrons. The van der Waals surface area contributed by atoms with Gasteiger partial charge in [0.15, 0.2) is 12.9 Å². The Morgan fingerprint density at radius 1 is 1.26 bits per heavy atom. The SMILES string of the molecule is CN(Cc1c(F)cccc1Cl)C(=O)COc1ccccc1C=O. The number of ether oxygens (including phenoxy) is 1. The van der Waals surface area contributed by atoms with Gasteiger partial charge in [-0.3, -0.25) is 9.59 Å². The molecule has 0 saturated carbocycles. The highest BCUT2D eigenvalue weighted by atomic mass is 35.5. The van der Waals surface area contributed by atoms with E-state index in [1.54, 1.807) is 30.3 Å². The van der Waals surface area contributed by atoms with Gasteiger partial charge in [-0.15, -0.1) is 0 Å². The minimum absolute atomic E-state index is 0.0308. The molecule has 120 valence electrons. The predicted octanol–water partition coefficient (Wildman–Crippen LogP) is 3.33. The van der Waals surface area contributed by atoms with Gasteiger partial charge in [-0.05, 0) is 24.3 Å². The van der Waals surface area contributed by atoms with Crippen molar-refractivity contribution in [1.82, 2.24) is 4.90 Å². The van der Waals surface area contributed by atoms with Crippen LogP contribution in [0.3, 0.4) is 0 Å². The van der Waals surface area contributed by atoms with E-state index in [-0.39, 0.29) is 29.6 Å². The maximum atomic E-state index is 13.7. The summed E-state index contributed by atoms with van der Waals surface area (Å²) in [7, 11) is 1.53. The molecule has 1 amide bonds. The molecular weight excluding hydrogens is 321 g/mol. The molecule has 0 unspecified atom stereocenters. The van der Waals surface area contributed by atoms with Crippen LogP contribution in [0.4, 0.5) is 4.39 Å². The number of benzene rings is 2. The van der Waals surface area contributed by atoms with Crippen LogP contribution in [0.1, 0.15) is 15.9 Å². The average Bonchev–Trinajstić information content (AvgIpc) is 2.56. The molecule has 0 aromatic heterocycles. The van der Waals surface area contributed by atoms with Gasteiger partial charge >= 0.3 is 0 Å². The molecule has 2 aromatic rings. The highest BCUT2D eigenvalue weighted by Gasteiger charge is 2.15. The first-order chi connectivity index (χ1) is 11.0. The maximum Gasteiger partial charge on any atom is 0.260 e. The van der Waals surface area contributed by atoms with E-state index < -0.39 is 5.82 Å². The van der Waals surface area contributed by atoms with Crippen molar-refractivity contribution in [3.05, 3.63) is 64.4 Å². The standard InChI is InChI=1S/C17H15ClFNO3/c1-20(9-13-14(18)6-4-7-15(13)19)17(22)11-23-16-8-3-2-5-12(16)10-21/h2-8,10H,9,11H2,1H3. The second-order valence-corrected chi connectivity index (χ2v) is 5.30. The number of hydrogen-bond donors (Lipinski definition) is 0. The summed E-state index contributed by atoms with van der Waals surface area (Å²) < 4.78 is 19.1. The number of nitrogens with zero attached hydrogens (tertiary/aromatic N) is 1. The predicted molar refractivity (Wildman–Crippen MR) is 85.2 cm³/mol. The fraction of sp³-hybridized carbons (Fsp3) is 0.176. The molecular formula is C17H15ClFNO3. The molecule has 0 aliphatic rings. The third kappa shape index (κ3) is 4.29. The summed E-state index contributed by atoms with van der Waals surface area (Å²) in [5.74, 6) is -0.498. The van der Waals surface area contributed by atoms with Crippen molar-refractivity contribution in [3.63, 3.8) is 0 Å². The lowest BCUT2D eigenvalue weighted by molar-refractivity contribution is -0.132. The third-order valence-electron chi connectivity index (χ3n) is 3.28. The molecule has 0 bridgehead atoms. The fourth-order valence-electron chi connectivity index (χ4n) is 1.97. The molecule has 0 atom stereocenters. The fourth-order valence-corrected chi connectivity index (χ4v) is 2.19. The van der Waals surface area contributed by atoms with Gasteiger partial charge in [0.2, 0.25) is 0 Å². The number of amides is 1. The molecule has 4 nitrogen and oxygen atoms in total. The minimum atomic E-state index is -0.468. The Balaban J connectivity index is 1.99. The van der Waals surface area contributed by atoms with Crippen molar-refractivity contribution < 1.29 is 18.7 Å². The first-order valence-electron chi connectivity index (χ1n) is 6.86. The number of likely N-dealkylation sites (N-methyl/N-ethyl adjacent to an activating group) is 1. The molecule has 6 heteroatoms. The molecule has 0 aliphatic carbocycles. The molecule has 0 heterocycles. The topological polar surface area (TPSA) is 46.6 Å². The van der Waals surface area contributed by atoms with Crippen molar-refractivity contribution in [3.8, 4) is 5.75 Å². The Hall–Kier alpha value is -2.40. The summed E-state index contributed by atoms with van der Waals surface area (Å²) in [4.78, 5) is 24.3. The van der Waals surface area contributed by atoms with E-state index in [1.807, 2.05) is 0 Å². The van der Waals surface area contributed by atoms with E-state index in [4.69, 9.17) is 16.3 Å². The van der Waals surface area contributed by atoms with Crippen molar-refractivity contribution in [2.24, 2.45) is 0 Å². The second-order valence-electron chi connectivity index (χ2n) is 4.89. The zero-order chi connectivity index (χ0) is 16.8. The van der Waals surface area contributed by atoms with Gasteiger partial charge in [0.25, 0.3) is 5.91 Å². The van der Waals surface area contributed by atoms with Crippen LogP contribution in [0.25, 0.3) is 0 Å². The first kappa shape index (κ1) is 17.0. The van der Waals surface area contributed by atoms with Crippen molar-refractivity contribution >= 4 is 23.8 Å². The lowest BCUT2D eigenvalue weighted by Crippen LogP contribution is -2.31. The van der Waals surface area contributed by atoms with Crippen LogP contribution in [0.2, 0.25) is 5.02 Å². The number of aldehydes is 1. The monoisotopic (exact) mass is 335 g/mol. The summed E-state index contributed by atoms with van der Waals surface area (Å²) >= 11 is 5.94. The molecule has 2 rings (SSSR count). The highest BCUT2D eigenvalue weighted by molar-refractivity contribution is 6.31. The molecule has 0 spiro atoms. The molecule has 0 N–H and O–H groups in total. The van der Waals surface area contributed by atoms with E-state index in [9.17, 15) is 14.0 Å². The molecule has 0 aliphatic heterocycles. The smallest absolute Gasteiger partial charge is 0.260 e. The Kier molecular flexibility index (Phi) is 5.71. The van der Waals surface area contributed by atoms with Gasteiger partial charge in [0, 0.05) is 24.2 Å². The number of rotatable bonds is 6. The van der Waals surface area contributed by atoms with Crippen LogP contribution in [0.5, 0.6) is 5.75 Å². The first-order valence-corrected chi connectivity index (χ1v) is 7.24. The van der Waals surface area contributed by atoms with E-state index >= 15 is 0 Å². The van der Waals surface area contributed by atoms with E-state index in [0.717, 1.165) is 0 Å². The van der Waals surface area contributed by atoms with Crippen LogP contribution in [-0.4, -0.2) is 30.7 Å². The maximum absolute atomic E-state index is 13.7. The highest BCUT2D eigenvalue weighted by Crippen LogP contribution is 2.20. The minimum Gasteiger partial charge on any atom is -0.483 e. The van der Waals surface area contributed by atoms with Crippen LogP contribution in [-0.2, 0) is 11.3 Å². The van der Waals surface area contributed by atoms with Crippen LogP contribution >= 0.6 is 11.6 Å². The summed E-state index contributed by atoms with van der Waals surface area (Å²) in [6.45, 7) is -0.226. The van der Waals surface area contributed by atoms with E-state index in [1.165, 1.54) is 24.1 Å². The Morgan fingerprint density at radius 2 is 2.00 bits per heavy atom. The van der Waals surface area contributed by atoms with Gasteiger partial charge in [-0.25, -0.2) is 4.39 Å². The number of carbonyl (C=O) groups is 2. The molecule has 2 aromatic carbocycles. The Labute approximate surface area is 138 Å². The van der Waals surface area contributed by atoms with Crippen molar-refractivity contribution in [1.29, 1.82) is 0 Å². The molecule has 23 heavy (non-hydrogen) atoms. The number of hydrogen-bond acceptors (Lipinski definition) is 3. The van der Waals surface area contributed by atoms with Crippen LogP contribution in [0, 0.1) is 5.82 Å². The molecule has 0 fully saturated rings. The second kappa shape index (κ2) is 7.74. The normalized spacial score (nSPS) is 10.2. The van der Waals surface area contributed by atoms with Crippen LogP contribution in [0.15, 0.2) is 42.5 Å². The third-order valence-corrected chi connectivity index (χ3v) is 3.63.